The van der Waals surface area contributed by atoms with Crippen LogP contribution in [0.25, 0.3) is 22.0 Å². The first-order valence-corrected chi connectivity index (χ1v) is 9.46. The first-order valence-electron chi connectivity index (χ1n) is 8.47. The van der Waals surface area contributed by atoms with Crippen LogP contribution in [0.4, 0.5) is 0 Å². The van der Waals surface area contributed by atoms with Crippen LogP contribution in [0.2, 0.25) is 0 Å². The second kappa shape index (κ2) is 7.18. The SMILES string of the molecule is Cc1ccccc1-c1n[nH]c(=O)c2cc(SCc3ccccc3)ccc12. The summed E-state index contributed by atoms with van der Waals surface area (Å²) in [6.45, 7) is 2.05. The van der Waals surface area contributed by atoms with E-state index in [1.165, 1.54) is 5.56 Å². The Labute approximate surface area is 156 Å². The van der Waals surface area contributed by atoms with Crippen LogP contribution in [-0.4, -0.2) is 10.2 Å². The zero-order valence-corrected chi connectivity index (χ0v) is 15.2. The van der Waals surface area contributed by atoms with Gasteiger partial charge in [0, 0.05) is 21.6 Å². The van der Waals surface area contributed by atoms with Crippen molar-refractivity contribution in [2.45, 2.75) is 17.6 Å². The molecule has 3 nitrogen and oxygen atoms in total. The number of aromatic amines is 1. The maximum atomic E-state index is 12.3. The molecule has 0 amide bonds. The van der Waals surface area contributed by atoms with Crippen LogP contribution in [0.1, 0.15) is 11.1 Å². The van der Waals surface area contributed by atoms with Gasteiger partial charge in [-0.05, 0) is 30.2 Å². The molecule has 1 heterocycles. The topological polar surface area (TPSA) is 45.8 Å². The molecule has 4 rings (SSSR count). The molecule has 0 aliphatic heterocycles. The molecule has 4 heteroatoms. The van der Waals surface area contributed by atoms with E-state index < -0.39 is 0 Å². The average Bonchev–Trinajstić information content (AvgIpc) is 2.68. The summed E-state index contributed by atoms with van der Waals surface area (Å²) in [5.74, 6) is 0.875. The van der Waals surface area contributed by atoms with E-state index in [-0.39, 0.29) is 5.56 Å². The lowest BCUT2D eigenvalue weighted by molar-refractivity contribution is 1.01. The molecule has 0 atom stereocenters. The van der Waals surface area contributed by atoms with Gasteiger partial charge in [-0.15, -0.1) is 11.8 Å². The maximum Gasteiger partial charge on any atom is 0.272 e. The largest absolute Gasteiger partial charge is 0.272 e. The Morgan fingerprint density at radius 2 is 1.69 bits per heavy atom. The molecule has 0 unspecified atom stereocenters. The first kappa shape index (κ1) is 16.6. The first-order chi connectivity index (χ1) is 12.7. The van der Waals surface area contributed by atoms with Gasteiger partial charge < -0.3 is 0 Å². The Balaban J connectivity index is 1.74. The summed E-state index contributed by atoms with van der Waals surface area (Å²) in [6, 6.07) is 24.5. The van der Waals surface area contributed by atoms with E-state index in [4.69, 9.17) is 0 Å². The molecule has 0 spiro atoms. The smallest absolute Gasteiger partial charge is 0.267 e. The number of H-pyrrole nitrogens is 1. The van der Waals surface area contributed by atoms with Gasteiger partial charge in [0.15, 0.2) is 0 Å². The van der Waals surface area contributed by atoms with E-state index in [0.717, 1.165) is 32.9 Å². The van der Waals surface area contributed by atoms with Crippen LogP contribution in [0.5, 0.6) is 0 Å². The predicted octanol–water partition coefficient (Wildman–Crippen LogP) is 5.19. The molecule has 128 valence electrons. The highest BCUT2D eigenvalue weighted by molar-refractivity contribution is 7.98. The molecule has 1 N–H and O–H groups in total. The van der Waals surface area contributed by atoms with E-state index in [0.29, 0.717) is 5.39 Å². The fourth-order valence-corrected chi connectivity index (χ4v) is 3.91. The van der Waals surface area contributed by atoms with Gasteiger partial charge in [0.2, 0.25) is 0 Å². The highest BCUT2D eigenvalue weighted by atomic mass is 32.2. The number of aryl methyl sites for hydroxylation is 1. The van der Waals surface area contributed by atoms with Crippen LogP contribution < -0.4 is 5.56 Å². The van der Waals surface area contributed by atoms with Gasteiger partial charge in [0.25, 0.3) is 5.56 Å². The molecule has 4 aromatic rings. The molecule has 0 aliphatic rings. The number of hydrogen-bond acceptors (Lipinski definition) is 3. The highest BCUT2D eigenvalue weighted by Gasteiger charge is 2.11. The monoisotopic (exact) mass is 358 g/mol. The van der Waals surface area contributed by atoms with Gasteiger partial charge in [-0.25, -0.2) is 5.10 Å². The van der Waals surface area contributed by atoms with Crippen molar-refractivity contribution in [3.63, 3.8) is 0 Å². The van der Waals surface area contributed by atoms with Crippen molar-refractivity contribution in [1.29, 1.82) is 0 Å². The van der Waals surface area contributed by atoms with Gasteiger partial charge in [-0.3, -0.25) is 4.79 Å². The molecule has 26 heavy (non-hydrogen) atoms. The second-order valence-electron chi connectivity index (χ2n) is 6.20. The third-order valence-corrected chi connectivity index (χ3v) is 5.47. The van der Waals surface area contributed by atoms with Crippen LogP contribution in [0.3, 0.4) is 0 Å². The normalized spacial score (nSPS) is 11.0. The van der Waals surface area contributed by atoms with E-state index in [2.05, 4.69) is 41.4 Å². The van der Waals surface area contributed by atoms with Gasteiger partial charge >= 0.3 is 0 Å². The van der Waals surface area contributed by atoms with E-state index in [1.54, 1.807) is 11.8 Å². The lowest BCUT2D eigenvalue weighted by Crippen LogP contribution is -2.09. The second-order valence-corrected chi connectivity index (χ2v) is 7.25. The number of nitrogens with one attached hydrogen (secondary N) is 1. The molecule has 0 saturated carbocycles. The minimum absolute atomic E-state index is 0.153. The zero-order chi connectivity index (χ0) is 17.9. The summed E-state index contributed by atoms with van der Waals surface area (Å²) in [7, 11) is 0. The van der Waals surface area contributed by atoms with Crippen LogP contribution in [0.15, 0.2) is 82.5 Å². The summed E-state index contributed by atoms with van der Waals surface area (Å²) in [5.41, 5.74) is 4.10. The standard InChI is InChI=1S/C22H18N2OS/c1-15-7-5-6-10-18(15)21-19-12-11-17(13-20(19)22(25)24-23-21)26-14-16-8-3-2-4-9-16/h2-13H,14H2,1H3,(H,24,25). The van der Waals surface area contributed by atoms with Crippen molar-refractivity contribution in [2.75, 3.05) is 0 Å². The van der Waals surface area contributed by atoms with Crippen molar-refractivity contribution in [1.82, 2.24) is 10.2 Å². The van der Waals surface area contributed by atoms with Gasteiger partial charge in [-0.2, -0.15) is 5.10 Å². The van der Waals surface area contributed by atoms with Gasteiger partial charge in [0.05, 0.1) is 11.1 Å². The Hall–Kier alpha value is -2.85. The highest BCUT2D eigenvalue weighted by Crippen LogP contribution is 2.30. The fourth-order valence-electron chi connectivity index (χ4n) is 3.02. The van der Waals surface area contributed by atoms with Gasteiger partial charge in [0.1, 0.15) is 0 Å². The summed E-state index contributed by atoms with van der Waals surface area (Å²) in [6.07, 6.45) is 0. The lowest BCUT2D eigenvalue weighted by atomic mass is 10.0. The quantitative estimate of drug-likeness (QED) is 0.511. The van der Waals surface area contributed by atoms with E-state index >= 15 is 0 Å². The molecule has 0 bridgehead atoms. The van der Waals surface area contributed by atoms with Crippen molar-refractivity contribution >= 4 is 22.5 Å². The van der Waals surface area contributed by atoms with E-state index in [9.17, 15) is 4.79 Å². The number of fused-ring (bicyclic) bond motifs is 1. The number of hydrogen-bond donors (Lipinski definition) is 1. The molecular weight excluding hydrogens is 340 g/mol. The number of thioether (sulfide) groups is 1. The van der Waals surface area contributed by atoms with E-state index in [1.807, 2.05) is 48.5 Å². The number of aromatic nitrogens is 2. The van der Waals surface area contributed by atoms with Crippen LogP contribution >= 0.6 is 11.8 Å². The van der Waals surface area contributed by atoms with Crippen LogP contribution in [0, 0.1) is 6.92 Å². The van der Waals surface area contributed by atoms with Crippen LogP contribution in [-0.2, 0) is 5.75 Å². The number of benzene rings is 3. The summed E-state index contributed by atoms with van der Waals surface area (Å²) in [5, 5.41) is 8.53. The van der Waals surface area contributed by atoms with Crippen molar-refractivity contribution < 1.29 is 0 Å². The lowest BCUT2D eigenvalue weighted by Gasteiger charge is -2.09. The maximum absolute atomic E-state index is 12.3. The predicted molar refractivity (Wildman–Crippen MR) is 109 cm³/mol. The third kappa shape index (κ3) is 3.28. The molecule has 3 aromatic carbocycles. The minimum Gasteiger partial charge on any atom is -0.267 e. The third-order valence-electron chi connectivity index (χ3n) is 4.41. The average molecular weight is 358 g/mol. The van der Waals surface area contributed by atoms with Crippen molar-refractivity contribution in [3.05, 3.63) is 94.3 Å². The molecule has 1 aromatic heterocycles. The Kier molecular flexibility index (Phi) is 4.59. The number of nitrogens with zero attached hydrogens (tertiary/aromatic N) is 1. The van der Waals surface area contributed by atoms with Gasteiger partial charge in [-0.1, -0.05) is 60.7 Å². The Morgan fingerprint density at radius 1 is 0.923 bits per heavy atom. The molecule has 0 radical (unpaired) electrons. The Morgan fingerprint density at radius 3 is 2.50 bits per heavy atom. The summed E-state index contributed by atoms with van der Waals surface area (Å²) >= 11 is 1.73. The summed E-state index contributed by atoms with van der Waals surface area (Å²) < 4.78 is 0. The molecular formula is C22H18N2OS. The molecule has 0 aliphatic carbocycles. The molecule has 0 fully saturated rings. The Bertz CT molecular complexity index is 1120. The van der Waals surface area contributed by atoms with Crippen molar-refractivity contribution in [2.24, 2.45) is 0 Å². The summed E-state index contributed by atoms with van der Waals surface area (Å²) in [4.78, 5) is 13.4. The zero-order valence-electron chi connectivity index (χ0n) is 14.4. The minimum atomic E-state index is -0.153. The molecule has 0 saturated heterocycles. The van der Waals surface area contributed by atoms with Crippen molar-refractivity contribution in [3.8, 4) is 11.3 Å². The fraction of sp³-hybridized carbons (Fsp3) is 0.0909. The number of rotatable bonds is 4.